The van der Waals surface area contributed by atoms with E-state index in [0.717, 1.165) is 12.8 Å². The van der Waals surface area contributed by atoms with Crippen LogP contribution >= 0.6 is 0 Å². The lowest BCUT2D eigenvalue weighted by Crippen LogP contribution is -2.17. The quantitative estimate of drug-likeness (QED) is 0.854. The first-order valence-electron chi connectivity index (χ1n) is 5.98. The molecule has 1 atom stereocenters. The molecule has 1 fully saturated rings. The van der Waals surface area contributed by atoms with E-state index in [9.17, 15) is 9.50 Å². The van der Waals surface area contributed by atoms with Crippen LogP contribution in [-0.4, -0.2) is 18.3 Å². The Morgan fingerprint density at radius 1 is 1.41 bits per heavy atom. The molecule has 2 rings (SSSR count). The van der Waals surface area contributed by atoms with Crippen LogP contribution in [0.15, 0.2) is 24.3 Å². The minimum absolute atomic E-state index is 0.000322. The Hall–Kier alpha value is -1.09. The fourth-order valence-corrected chi connectivity index (χ4v) is 2.50. The molecule has 0 spiro atoms. The van der Waals surface area contributed by atoms with Crippen LogP contribution in [0.4, 0.5) is 4.39 Å². The summed E-state index contributed by atoms with van der Waals surface area (Å²) in [6.45, 7) is 5.04. The Kier molecular flexibility index (Phi) is 3.13. The fourth-order valence-electron chi connectivity index (χ4n) is 2.50. The highest BCUT2D eigenvalue weighted by Gasteiger charge is 2.59. The van der Waals surface area contributed by atoms with E-state index < -0.39 is 0 Å². The van der Waals surface area contributed by atoms with Gasteiger partial charge in [0.1, 0.15) is 11.6 Å². The summed E-state index contributed by atoms with van der Waals surface area (Å²) in [6, 6.07) is 6.15. The van der Waals surface area contributed by atoms with Gasteiger partial charge < -0.3 is 9.84 Å². The van der Waals surface area contributed by atoms with Crippen LogP contribution < -0.4 is 4.74 Å². The van der Waals surface area contributed by atoms with Gasteiger partial charge in [-0.1, -0.05) is 19.9 Å². The molecule has 2 nitrogen and oxygen atoms in total. The summed E-state index contributed by atoms with van der Waals surface area (Å²) < 4.78 is 18.4. The van der Waals surface area contributed by atoms with Gasteiger partial charge in [0.25, 0.3) is 0 Å². The third-order valence-electron chi connectivity index (χ3n) is 4.04. The van der Waals surface area contributed by atoms with Crippen molar-refractivity contribution in [2.24, 2.45) is 10.8 Å². The Balaban J connectivity index is 1.84. The second-order valence-electron chi connectivity index (χ2n) is 5.55. The zero-order valence-corrected chi connectivity index (χ0v) is 10.4. The van der Waals surface area contributed by atoms with Crippen molar-refractivity contribution in [1.82, 2.24) is 0 Å². The van der Waals surface area contributed by atoms with Gasteiger partial charge in [-0.15, -0.1) is 0 Å². The van der Waals surface area contributed by atoms with Gasteiger partial charge in [-0.05, 0) is 30.4 Å². The van der Waals surface area contributed by atoms with Gasteiger partial charge in [0.05, 0.1) is 6.61 Å². The first kappa shape index (κ1) is 12.4. The van der Waals surface area contributed by atoms with Crippen molar-refractivity contribution >= 4 is 0 Å². The summed E-state index contributed by atoms with van der Waals surface area (Å²) in [4.78, 5) is 0. The van der Waals surface area contributed by atoms with Crippen LogP contribution in [0.5, 0.6) is 5.75 Å². The van der Waals surface area contributed by atoms with Crippen molar-refractivity contribution in [3.8, 4) is 5.75 Å². The smallest absolute Gasteiger partial charge is 0.126 e. The van der Waals surface area contributed by atoms with E-state index in [1.54, 1.807) is 12.1 Å². The largest absolute Gasteiger partial charge is 0.493 e. The fraction of sp³-hybridized carbons (Fsp3) is 0.571. The molecule has 0 saturated heterocycles. The third-order valence-corrected chi connectivity index (χ3v) is 4.04. The van der Waals surface area contributed by atoms with E-state index >= 15 is 0 Å². The molecule has 0 heterocycles. The Bertz CT molecular complexity index is 403. The zero-order chi connectivity index (χ0) is 12.5. The number of halogens is 1. The van der Waals surface area contributed by atoms with E-state index in [1.807, 2.05) is 0 Å². The van der Waals surface area contributed by atoms with Crippen LogP contribution in [0.1, 0.15) is 26.7 Å². The SMILES string of the molecule is CC1(C)CC1(CO)CCOc1cccc(F)c1. The van der Waals surface area contributed by atoms with Crippen LogP contribution in [-0.2, 0) is 0 Å². The molecule has 3 heteroatoms. The normalized spacial score (nSPS) is 25.6. The van der Waals surface area contributed by atoms with Crippen molar-refractivity contribution in [3.05, 3.63) is 30.1 Å². The summed E-state index contributed by atoms with van der Waals surface area (Å²) in [5.41, 5.74) is 0.202. The van der Waals surface area contributed by atoms with E-state index in [0.29, 0.717) is 12.4 Å². The monoisotopic (exact) mass is 238 g/mol. The van der Waals surface area contributed by atoms with Gasteiger partial charge in [-0.2, -0.15) is 0 Å². The minimum atomic E-state index is -0.286. The Morgan fingerprint density at radius 3 is 2.65 bits per heavy atom. The zero-order valence-electron chi connectivity index (χ0n) is 10.4. The first-order chi connectivity index (χ1) is 7.99. The highest BCUT2D eigenvalue weighted by Crippen LogP contribution is 2.65. The molecule has 1 aliphatic rings. The van der Waals surface area contributed by atoms with E-state index in [1.165, 1.54) is 12.1 Å². The molecule has 1 N–H and O–H groups in total. The number of aliphatic hydroxyl groups is 1. The summed E-state index contributed by atoms with van der Waals surface area (Å²) in [5.74, 6) is 0.266. The number of hydrogen-bond acceptors (Lipinski definition) is 2. The van der Waals surface area contributed by atoms with Gasteiger partial charge in [-0.3, -0.25) is 0 Å². The molecule has 1 unspecified atom stereocenters. The van der Waals surface area contributed by atoms with E-state index in [2.05, 4.69) is 13.8 Å². The van der Waals surface area contributed by atoms with Crippen molar-refractivity contribution in [2.45, 2.75) is 26.7 Å². The molecule has 0 amide bonds. The average Bonchev–Trinajstić information content (AvgIpc) is 2.81. The molecule has 0 aliphatic heterocycles. The highest BCUT2D eigenvalue weighted by molar-refractivity contribution is 5.22. The Labute approximate surface area is 101 Å². The van der Waals surface area contributed by atoms with Crippen molar-refractivity contribution in [3.63, 3.8) is 0 Å². The van der Waals surface area contributed by atoms with Crippen LogP contribution in [0.25, 0.3) is 0 Å². The maximum Gasteiger partial charge on any atom is 0.126 e. The van der Waals surface area contributed by atoms with Gasteiger partial charge in [-0.25, -0.2) is 4.39 Å². The number of rotatable bonds is 5. The van der Waals surface area contributed by atoms with E-state index in [-0.39, 0.29) is 23.3 Å². The summed E-state index contributed by atoms with van der Waals surface area (Å²) in [7, 11) is 0. The van der Waals surface area contributed by atoms with Gasteiger partial charge in [0, 0.05) is 18.1 Å². The van der Waals surface area contributed by atoms with Crippen molar-refractivity contribution in [2.75, 3.05) is 13.2 Å². The number of benzene rings is 1. The molecule has 0 radical (unpaired) electrons. The maximum absolute atomic E-state index is 12.9. The first-order valence-corrected chi connectivity index (χ1v) is 5.98. The van der Waals surface area contributed by atoms with Crippen LogP contribution in [0.3, 0.4) is 0 Å². The van der Waals surface area contributed by atoms with Crippen LogP contribution in [0.2, 0.25) is 0 Å². The molecule has 1 aromatic carbocycles. The standard InChI is InChI=1S/C14H19FO2/c1-13(2)9-14(13,10-16)6-7-17-12-5-3-4-11(15)8-12/h3-5,8,16H,6-7,9-10H2,1-2H3. The molecular formula is C14H19FO2. The number of aliphatic hydroxyl groups excluding tert-OH is 1. The second kappa shape index (κ2) is 4.30. The third kappa shape index (κ3) is 2.44. The molecule has 0 aromatic heterocycles. The lowest BCUT2D eigenvalue weighted by molar-refractivity contribution is 0.148. The second-order valence-corrected chi connectivity index (χ2v) is 5.55. The molecular weight excluding hydrogens is 219 g/mol. The maximum atomic E-state index is 12.9. The molecule has 0 bridgehead atoms. The summed E-state index contributed by atoms with van der Waals surface area (Å²) in [5, 5.41) is 9.42. The van der Waals surface area contributed by atoms with Crippen molar-refractivity contribution in [1.29, 1.82) is 0 Å². The predicted molar refractivity (Wildman–Crippen MR) is 64.4 cm³/mol. The lowest BCUT2D eigenvalue weighted by Gasteiger charge is -2.17. The molecule has 1 aliphatic carbocycles. The van der Waals surface area contributed by atoms with Gasteiger partial charge in [0.15, 0.2) is 0 Å². The lowest BCUT2D eigenvalue weighted by atomic mass is 9.94. The number of hydrogen-bond donors (Lipinski definition) is 1. The van der Waals surface area contributed by atoms with E-state index in [4.69, 9.17) is 4.74 Å². The number of ether oxygens (including phenoxy) is 1. The molecule has 1 aromatic rings. The Morgan fingerprint density at radius 2 is 2.12 bits per heavy atom. The van der Waals surface area contributed by atoms with Gasteiger partial charge >= 0.3 is 0 Å². The average molecular weight is 238 g/mol. The van der Waals surface area contributed by atoms with Crippen LogP contribution in [0, 0.1) is 16.6 Å². The molecule has 1 saturated carbocycles. The van der Waals surface area contributed by atoms with Gasteiger partial charge in [0.2, 0.25) is 0 Å². The summed E-state index contributed by atoms with van der Waals surface area (Å²) >= 11 is 0. The molecule has 17 heavy (non-hydrogen) atoms. The minimum Gasteiger partial charge on any atom is -0.493 e. The highest BCUT2D eigenvalue weighted by atomic mass is 19.1. The topological polar surface area (TPSA) is 29.5 Å². The molecule has 94 valence electrons. The summed E-state index contributed by atoms with van der Waals surface area (Å²) in [6.07, 6.45) is 1.84. The van der Waals surface area contributed by atoms with Crippen molar-refractivity contribution < 1.29 is 14.2 Å². The predicted octanol–water partition coefficient (Wildman–Crippen LogP) is 3.00.